The molecule has 0 aliphatic rings. The Balaban J connectivity index is 1.81. The van der Waals surface area contributed by atoms with Gasteiger partial charge in [-0.05, 0) is 41.0 Å². The van der Waals surface area contributed by atoms with Gasteiger partial charge >= 0.3 is 0 Å². The molecule has 0 unspecified atom stereocenters. The van der Waals surface area contributed by atoms with E-state index in [0.29, 0.717) is 18.0 Å². The number of hydrogen-bond donors (Lipinski definition) is 1. The van der Waals surface area contributed by atoms with Gasteiger partial charge in [-0.2, -0.15) is 0 Å². The zero-order chi connectivity index (χ0) is 22.2. The van der Waals surface area contributed by atoms with Crippen LogP contribution in [0.1, 0.15) is 23.6 Å². The van der Waals surface area contributed by atoms with Crippen molar-refractivity contribution in [2.75, 3.05) is 0 Å². The molecule has 0 saturated heterocycles. The molecule has 0 aliphatic heterocycles. The van der Waals surface area contributed by atoms with Gasteiger partial charge in [0.1, 0.15) is 11.9 Å². The van der Waals surface area contributed by atoms with Crippen LogP contribution in [0.4, 0.5) is 4.39 Å². The minimum atomic E-state index is -0.711. The Morgan fingerprint density at radius 1 is 0.903 bits per heavy atom. The Morgan fingerprint density at radius 2 is 1.52 bits per heavy atom. The van der Waals surface area contributed by atoms with E-state index in [9.17, 15) is 14.0 Å². The minimum Gasteiger partial charge on any atom is -0.350 e. The van der Waals surface area contributed by atoms with Crippen LogP contribution < -0.4 is 5.32 Å². The Labute approximate surface area is 186 Å². The molecule has 0 fully saturated rings. The molecule has 0 aliphatic carbocycles. The first-order valence-electron chi connectivity index (χ1n) is 10.00. The third-order valence-electron chi connectivity index (χ3n) is 5.00. The van der Waals surface area contributed by atoms with Crippen LogP contribution >= 0.6 is 11.6 Å². The van der Waals surface area contributed by atoms with Crippen molar-refractivity contribution in [3.63, 3.8) is 0 Å². The molecule has 3 rings (SSSR count). The highest BCUT2D eigenvalue weighted by Crippen LogP contribution is 2.16. The van der Waals surface area contributed by atoms with Crippen LogP contribution in [0.3, 0.4) is 0 Å². The number of carbonyl (C=O) groups excluding carboxylic acids is 2. The van der Waals surface area contributed by atoms with E-state index in [0.717, 1.165) is 16.7 Å². The number of carbonyl (C=O) groups is 2. The monoisotopic (exact) mass is 438 g/mol. The van der Waals surface area contributed by atoms with Crippen molar-refractivity contribution in [1.29, 1.82) is 0 Å². The third kappa shape index (κ3) is 6.66. The zero-order valence-corrected chi connectivity index (χ0v) is 18.0. The molecule has 0 heterocycles. The maximum Gasteiger partial charge on any atom is 0.243 e. The maximum absolute atomic E-state index is 13.3. The summed E-state index contributed by atoms with van der Waals surface area (Å²) in [6.45, 7) is 1.97. The van der Waals surface area contributed by atoms with Gasteiger partial charge in [0, 0.05) is 31.5 Å². The lowest BCUT2D eigenvalue weighted by Gasteiger charge is -2.30. The molecular formula is C25H24ClFN2O2. The topological polar surface area (TPSA) is 49.4 Å². The van der Waals surface area contributed by atoms with Crippen molar-refractivity contribution in [2.45, 2.75) is 32.5 Å². The molecule has 0 spiro atoms. The lowest BCUT2D eigenvalue weighted by Crippen LogP contribution is -2.49. The normalized spacial score (nSPS) is 11.6. The van der Waals surface area contributed by atoms with Crippen molar-refractivity contribution >= 4 is 23.4 Å². The molecule has 4 nitrogen and oxygen atoms in total. The standard InChI is InChI=1S/C25H24ClFN2O2/c1-18(30)29(17-21-9-13-23(27)14-10-21)24(15-19-5-3-2-4-6-19)25(31)28-16-20-7-11-22(26)12-8-20/h2-14,24H,15-17H2,1H3,(H,28,31)/t24-/m1/s1. The highest BCUT2D eigenvalue weighted by Gasteiger charge is 2.28. The van der Waals surface area contributed by atoms with Gasteiger partial charge < -0.3 is 10.2 Å². The molecule has 0 saturated carbocycles. The van der Waals surface area contributed by atoms with Crippen molar-refractivity contribution < 1.29 is 14.0 Å². The number of rotatable bonds is 8. The summed E-state index contributed by atoms with van der Waals surface area (Å²) in [4.78, 5) is 27.2. The SMILES string of the molecule is CC(=O)N(Cc1ccc(F)cc1)[C@H](Cc1ccccc1)C(=O)NCc1ccc(Cl)cc1. The molecule has 1 atom stereocenters. The van der Waals surface area contributed by atoms with E-state index in [4.69, 9.17) is 11.6 Å². The molecule has 0 bridgehead atoms. The minimum absolute atomic E-state index is 0.210. The summed E-state index contributed by atoms with van der Waals surface area (Å²) in [7, 11) is 0. The summed E-state index contributed by atoms with van der Waals surface area (Å²) in [6, 6.07) is 22.0. The van der Waals surface area contributed by atoms with Gasteiger partial charge in [0.2, 0.25) is 11.8 Å². The number of nitrogens with one attached hydrogen (secondary N) is 1. The van der Waals surface area contributed by atoms with Gasteiger partial charge in [-0.25, -0.2) is 4.39 Å². The van der Waals surface area contributed by atoms with Crippen LogP contribution in [0.5, 0.6) is 0 Å². The van der Waals surface area contributed by atoms with Crippen molar-refractivity contribution in [2.24, 2.45) is 0 Å². The molecule has 0 radical (unpaired) electrons. The average molecular weight is 439 g/mol. The summed E-state index contributed by atoms with van der Waals surface area (Å²) in [6.07, 6.45) is 0.369. The van der Waals surface area contributed by atoms with E-state index in [1.807, 2.05) is 42.5 Å². The smallest absolute Gasteiger partial charge is 0.243 e. The summed E-state index contributed by atoms with van der Waals surface area (Å²) in [5.41, 5.74) is 2.60. The van der Waals surface area contributed by atoms with Crippen molar-refractivity contribution in [3.8, 4) is 0 Å². The van der Waals surface area contributed by atoms with E-state index in [-0.39, 0.29) is 24.2 Å². The van der Waals surface area contributed by atoms with Gasteiger partial charge in [-0.3, -0.25) is 9.59 Å². The quantitative estimate of drug-likeness (QED) is 0.551. The highest BCUT2D eigenvalue weighted by molar-refractivity contribution is 6.30. The van der Waals surface area contributed by atoms with Crippen LogP contribution in [-0.2, 0) is 29.1 Å². The van der Waals surface area contributed by atoms with Gasteiger partial charge in [0.05, 0.1) is 0 Å². The third-order valence-corrected chi connectivity index (χ3v) is 5.25. The van der Waals surface area contributed by atoms with Gasteiger partial charge in [-0.15, -0.1) is 0 Å². The van der Waals surface area contributed by atoms with Crippen molar-refractivity contribution in [1.82, 2.24) is 10.2 Å². The number of hydrogen-bond acceptors (Lipinski definition) is 2. The Hall–Kier alpha value is -3.18. The Kier molecular flexibility index (Phi) is 7.79. The lowest BCUT2D eigenvalue weighted by molar-refractivity contribution is -0.139. The van der Waals surface area contributed by atoms with Crippen LogP contribution in [0, 0.1) is 5.82 Å². The Morgan fingerprint density at radius 3 is 2.13 bits per heavy atom. The fourth-order valence-corrected chi connectivity index (χ4v) is 3.44. The van der Waals surface area contributed by atoms with Crippen molar-refractivity contribution in [3.05, 3.63) is 106 Å². The van der Waals surface area contributed by atoms with Crippen LogP contribution in [-0.4, -0.2) is 22.8 Å². The fraction of sp³-hybridized carbons (Fsp3) is 0.200. The van der Waals surface area contributed by atoms with Crippen LogP contribution in [0.15, 0.2) is 78.9 Å². The number of nitrogens with zero attached hydrogens (tertiary/aromatic N) is 1. The first-order valence-corrected chi connectivity index (χ1v) is 10.4. The fourth-order valence-electron chi connectivity index (χ4n) is 3.32. The molecule has 31 heavy (non-hydrogen) atoms. The number of benzene rings is 3. The van der Waals surface area contributed by atoms with E-state index < -0.39 is 6.04 Å². The number of halogens is 2. The first-order chi connectivity index (χ1) is 14.9. The second-order valence-corrected chi connectivity index (χ2v) is 7.76. The van der Waals surface area contributed by atoms with Gasteiger partial charge in [-0.1, -0.05) is 66.2 Å². The second-order valence-electron chi connectivity index (χ2n) is 7.32. The number of amides is 2. The summed E-state index contributed by atoms with van der Waals surface area (Å²) in [5.74, 6) is -0.831. The molecular weight excluding hydrogens is 415 g/mol. The van der Waals surface area contributed by atoms with Crippen LogP contribution in [0.25, 0.3) is 0 Å². The molecule has 3 aromatic carbocycles. The van der Waals surface area contributed by atoms with Crippen LogP contribution in [0.2, 0.25) is 5.02 Å². The zero-order valence-electron chi connectivity index (χ0n) is 17.2. The highest BCUT2D eigenvalue weighted by atomic mass is 35.5. The molecule has 6 heteroatoms. The first kappa shape index (κ1) is 22.5. The Bertz CT molecular complexity index is 1010. The van der Waals surface area contributed by atoms with E-state index in [1.54, 1.807) is 24.3 Å². The largest absolute Gasteiger partial charge is 0.350 e. The molecule has 160 valence electrons. The maximum atomic E-state index is 13.3. The summed E-state index contributed by atoms with van der Waals surface area (Å²) < 4.78 is 13.3. The molecule has 1 N–H and O–H groups in total. The predicted molar refractivity (Wildman–Crippen MR) is 120 cm³/mol. The van der Waals surface area contributed by atoms with Gasteiger partial charge in [0.15, 0.2) is 0 Å². The molecule has 3 aromatic rings. The van der Waals surface area contributed by atoms with E-state index in [1.165, 1.54) is 24.0 Å². The van der Waals surface area contributed by atoms with E-state index in [2.05, 4.69) is 5.32 Å². The lowest BCUT2D eigenvalue weighted by atomic mass is 10.0. The van der Waals surface area contributed by atoms with E-state index >= 15 is 0 Å². The summed E-state index contributed by atoms with van der Waals surface area (Å²) >= 11 is 5.92. The summed E-state index contributed by atoms with van der Waals surface area (Å²) in [5, 5.41) is 3.56. The predicted octanol–water partition coefficient (Wildman–Crippen LogP) is 4.76. The second kappa shape index (κ2) is 10.7. The average Bonchev–Trinajstić information content (AvgIpc) is 2.77. The molecule has 0 aromatic heterocycles. The van der Waals surface area contributed by atoms with Gasteiger partial charge in [0.25, 0.3) is 0 Å². The molecule has 2 amide bonds.